The lowest BCUT2D eigenvalue weighted by molar-refractivity contribution is -0.150. The van der Waals surface area contributed by atoms with Gasteiger partial charge >= 0.3 is 5.97 Å². The summed E-state index contributed by atoms with van der Waals surface area (Å²) in [7, 11) is 6.46. The number of carbonyl (C=O) groups is 2. The minimum absolute atomic E-state index is 0.105. The average molecular weight is 457 g/mol. The minimum atomic E-state index is -0.833. The molecule has 4 rings (SSSR count). The Morgan fingerprint density at radius 1 is 1.15 bits per heavy atom. The van der Waals surface area contributed by atoms with Crippen LogP contribution in [0.3, 0.4) is 0 Å². The van der Waals surface area contributed by atoms with Crippen molar-refractivity contribution < 1.29 is 38.0 Å². The predicted molar refractivity (Wildman–Crippen MR) is 118 cm³/mol. The summed E-state index contributed by atoms with van der Waals surface area (Å²) < 4.78 is 33.7. The van der Waals surface area contributed by atoms with E-state index in [0.29, 0.717) is 41.4 Å². The summed E-state index contributed by atoms with van der Waals surface area (Å²) in [5.74, 6) is 1.87. The Bertz CT molecular complexity index is 1080. The van der Waals surface area contributed by atoms with Crippen LogP contribution in [-0.4, -0.2) is 58.9 Å². The quantitative estimate of drug-likeness (QED) is 0.459. The predicted octanol–water partition coefficient (Wildman–Crippen LogP) is 3.09. The van der Waals surface area contributed by atoms with Gasteiger partial charge in [-0.3, -0.25) is 14.5 Å². The molecule has 0 amide bonds. The van der Waals surface area contributed by atoms with Gasteiger partial charge in [-0.2, -0.15) is 0 Å². The normalized spacial score (nSPS) is 17.7. The SMILES string of the molecule is COc1ccc(C(OC(C)=O)C2c3c(cc4c(c3OC)OCO4)CCN2C)c(C=O)c1OC. The standard InChI is InChI=1S/C24H27NO8/c1-13(27)33-22(15-6-7-17(28-3)21(29-4)16(15)11-26)20-19-14(8-9-25(20)2)10-18-23(24(19)30-5)32-12-31-18/h6-7,10-11,20,22H,8-9,12H2,1-5H3. The first-order valence-corrected chi connectivity index (χ1v) is 10.5. The summed E-state index contributed by atoms with van der Waals surface area (Å²) >= 11 is 0. The molecule has 0 spiro atoms. The molecule has 2 heterocycles. The number of fused-ring (bicyclic) bond motifs is 2. The molecule has 0 aromatic heterocycles. The average Bonchev–Trinajstić information content (AvgIpc) is 3.28. The van der Waals surface area contributed by atoms with E-state index in [2.05, 4.69) is 4.90 Å². The molecule has 2 aromatic rings. The topological polar surface area (TPSA) is 92.8 Å². The van der Waals surface area contributed by atoms with E-state index in [1.807, 2.05) is 13.1 Å². The third-order valence-electron chi connectivity index (χ3n) is 6.07. The fourth-order valence-corrected chi connectivity index (χ4v) is 4.66. The molecule has 9 heteroatoms. The maximum atomic E-state index is 12.2. The highest BCUT2D eigenvalue weighted by molar-refractivity contribution is 5.84. The molecule has 2 aromatic carbocycles. The summed E-state index contributed by atoms with van der Waals surface area (Å²) in [6.45, 7) is 2.14. The third-order valence-corrected chi connectivity index (χ3v) is 6.07. The first-order chi connectivity index (χ1) is 15.9. The molecule has 2 aliphatic heterocycles. The zero-order chi connectivity index (χ0) is 23.7. The number of hydrogen-bond acceptors (Lipinski definition) is 9. The van der Waals surface area contributed by atoms with Gasteiger partial charge in [0.1, 0.15) is 6.10 Å². The van der Waals surface area contributed by atoms with Crippen LogP contribution in [0.2, 0.25) is 0 Å². The Hall–Kier alpha value is -3.46. The molecule has 0 aliphatic carbocycles. The number of nitrogens with zero attached hydrogens (tertiary/aromatic N) is 1. The molecular weight excluding hydrogens is 430 g/mol. The molecule has 0 saturated carbocycles. The molecule has 176 valence electrons. The first-order valence-electron chi connectivity index (χ1n) is 10.5. The van der Waals surface area contributed by atoms with Crippen LogP contribution in [0.15, 0.2) is 18.2 Å². The largest absolute Gasteiger partial charge is 0.493 e. The second-order valence-electron chi connectivity index (χ2n) is 7.84. The number of carbonyl (C=O) groups excluding carboxylic acids is 2. The van der Waals surface area contributed by atoms with Crippen molar-refractivity contribution in [2.75, 3.05) is 41.7 Å². The second kappa shape index (κ2) is 9.19. The Balaban J connectivity index is 1.96. The smallest absolute Gasteiger partial charge is 0.303 e. The zero-order valence-electron chi connectivity index (χ0n) is 19.3. The van der Waals surface area contributed by atoms with Gasteiger partial charge in [-0.05, 0) is 31.2 Å². The van der Waals surface area contributed by atoms with Crippen LogP contribution in [0.1, 0.15) is 46.1 Å². The van der Waals surface area contributed by atoms with Gasteiger partial charge in [0.25, 0.3) is 0 Å². The zero-order valence-corrected chi connectivity index (χ0v) is 19.3. The number of hydrogen-bond donors (Lipinski definition) is 0. The van der Waals surface area contributed by atoms with Crippen molar-refractivity contribution in [2.24, 2.45) is 0 Å². The van der Waals surface area contributed by atoms with Crippen LogP contribution in [-0.2, 0) is 16.0 Å². The molecular formula is C24H27NO8. The monoisotopic (exact) mass is 457 g/mol. The summed E-state index contributed by atoms with van der Waals surface area (Å²) in [6.07, 6.45) is 0.600. The van der Waals surface area contributed by atoms with E-state index in [9.17, 15) is 9.59 Å². The maximum Gasteiger partial charge on any atom is 0.303 e. The van der Waals surface area contributed by atoms with E-state index in [0.717, 1.165) is 17.5 Å². The van der Waals surface area contributed by atoms with Gasteiger partial charge in [-0.1, -0.05) is 6.07 Å². The van der Waals surface area contributed by atoms with Crippen LogP contribution in [0, 0.1) is 0 Å². The van der Waals surface area contributed by atoms with Crippen molar-refractivity contribution in [3.05, 3.63) is 40.5 Å². The molecule has 0 saturated heterocycles. The Morgan fingerprint density at radius 3 is 2.55 bits per heavy atom. The Morgan fingerprint density at radius 2 is 1.91 bits per heavy atom. The van der Waals surface area contributed by atoms with E-state index in [1.165, 1.54) is 21.1 Å². The number of ether oxygens (including phenoxy) is 6. The molecule has 0 fully saturated rings. The second-order valence-corrected chi connectivity index (χ2v) is 7.84. The number of methoxy groups -OCH3 is 3. The van der Waals surface area contributed by atoms with Crippen LogP contribution < -0.4 is 23.7 Å². The molecule has 2 atom stereocenters. The van der Waals surface area contributed by atoms with Crippen molar-refractivity contribution in [3.63, 3.8) is 0 Å². The summed E-state index contributed by atoms with van der Waals surface area (Å²) in [4.78, 5) is 26.5. The highest BCUT2D eigenvalue weighted by Crippen LogP contribution is 2.53. The van der Waals surface area contributed by atoms with E-state index >= 15 is 0 Å². The number of rotatable bonds is 7. The lowest BCUT2D eigenvalue weighted by atomic mass is 9.84. The van der Waals surface area contributed by atoms with Crippen molar-refractivity contribution in [3.8, 4) is 28.7 Å². The van der Waals surface area contributed by atoms with Gasteiger partial charge in [0, 0.05) is 24.6 Å². The Labute approximate surface area is 192 Å². The fraction of sp³-hybridized carbons (Fsp3) is 0.417. The van der Waals surface area contributed by atoms with Gasteiger partial charge in [0.2, 0.25) is 12.5 Å². The first kappa shape index (κ1) is 22.7. The van der Waals surface area contributed by atoms with E-state index < -0.39 is 18.1 Å². The van der Waals surface area contributed by atoms with Gasteiger partial charge in [-0.15, -0.1) is 0 Å². The number of aldehydes is 1. The van der Waals surface area contributed by atoms with E-state index in [1.54, 1.807) is 19.2 Å². The Kier molecular flexibility index (Phi) is 6.33. The number of esters is 1. The highest BCUT2D eigenvalue weighted by atomic mass is 16.7. The molecule has 2 aliphatic rings. The van der Waals surface area contributed by atoms with Gasteiger partial charge in [0.05, 0.1) is 32.9 Å². The van der Waals surface area contributed by atoms with Gasteiger partial charge < -0.3 is 28.4 Å². The maximum absolute atomic E-state index is 12.2. The molecule has 0 radical (unpaired) electrons. The van der Waals surface area contributed by atoms with Crippen LogP contribution >= 0.6 is 0 Å². The summed E-state index contributed by atoms with van der Waals surface area (Å²) in [5.41, 5.74) is 2.59. The lowest BCUT2D eigenvalue weighted by Gasteiger charge is -2.40. The molecule has 0 N–H and O–H groups in total. The number of likely N-dealkylation sites (N-methyl/N-ethyl adjacent to an activating group) is 1. The minimum Gasteiger partial charge on any atom is -0.493 e. The van der Waals surface area contributed by atoms with Crippen molar-refractivity contribution in [2.45, 2.75) is 25.5 Å². The van der Waals surface area contributed by atoms with Crippen LogP contribution in [0.25, 0.3) is 0 Å². The molecule has 0 bridgehead atoms. The fourth-order valence-electron chi connectivity index (χ4n) is 4.66. The van der Waals surface area contributed by atoms with Crippen LogP contribution in [0.4, 0.5) is 0 Å². The highest BCUT2D eigenvalue weighted by Gasteiger charge is 2.41. The third kappa shape index (κ3) is 3.82. The summed E-state index contributed by atoms with van der Waals surface area (Å²) in [6, 6.07) is 4.90. The van der Waals surface area contributed by atoms with Gasteiger partial charge in [-0.25, -0.2) is 0 Å². The number of benzene rings is 2. The lowest BCUT2D eigenvalue weighted by Crippen LogP contribution is -2.37. The molecule has 2 unspecified atom stereocenters. The van der Waals surface area contributed by atoms with E-state index in [-0.39, 0.29) is 18.1 Å². The van der Waals surface area contributed by atoms with Crippen molar-refractivity contribution >= 4 is 12.3 Å². The van der Waals surface area contributed by atoms with E-state index in [4.69, 9.17) is 28.4 Å². The summed E-state index contributed by atoms with van der Waals surface area (Å²) in [5, 5.41) is 0. The molecule has 9 nitrogen and oxygen atoms in total. The van der Waals surface area contributed by atoms with Gasteiger partial charge in [0.15, 0.2) is 29.3 Å². The van der Waals surface area contributed by atoms with Crippen LogP contribution in [0.5, 0.6) is 28.7 Å². The van der Waals surface area contributed by atoms with Crippen molar-refractivity contribution in [1.82, 2.24) is 4.90 Å². The van der Waals surface area contributed by atoms with Crippen molar-refractivity contribution in [1.29, 1.82) is 0 Å². The molecule has 33 heavy (non-hydrogen) atoms.